The molecule has 0 amide bonds. The van der Waals surface area contributed by atoms with Crippen LogP contribution in [0.5, 0.6) is 0 Å². The second kappa shape index (κ2) is 3.63. The molecule has 1 fully saturated rings. The van der Waals surface area contributed by atoms with Crippen LogP contribution in [0.4, 0.5) is 0 Å². The van der Waals surface area contributed by atoms with Gasteiger partial charge in [-0.25, -0.2) is 4.98 Å². The highest BCUT2D eigenvalue weighted by Crippen LogP contribution is 2.54. The average molecular weight is 269 g/mol. The average Bonchev–Trinajstić information content (AvgIpc) is 2.67. The van der Waals surface area contributed by atoms with Crippen molar-refractivity contribution in [2.45, 2.75) is 31.1 Å². The fraction of sp³-hybridized carbons (Fsp3) is 0.462. The van der Waals surface area contributed by atoms with Crippen molar-refractivity contribution in [1.29, 1.82) is 0 Å². The maximum absolute atomic E-state index is 6.06. The minimum absolute atomic E-state index is 0.352. The first-order chi connectivity index (χ1) is 7.97. The molecule has 0 bridgehead atoms. The van der Waals surface area contributed by atoms with Crippen molar-refractivity contribution >= 4 is 34.2 Å². The van der Waals surface area contributed by atoms with Gasteiger partial charge in [0.2, 0.25) is 0 Å². The maximum Gasteiger partial charge on any atom is 0.123 e. The number of imidazole rings is 1. The Labute approximate surface area is 111 Å². The van der Waals surface area contributed by atoms with E-state index in [0.29, 0.717) is 5.92 Å². The molecule has 0 aliphatic heterocycles. The summed E-state index contributed by atoms with van der Waals surface area (Å²) in [6.45, 7) is 5.08. The van der Waals surface area contributed by atoms with Crippen molar-refractivity contribution in [3.63, 3.8) is 0 Å². The van der Waals surface area contributed by atoms with Gasteiger partial charge in [0.15, 0.2) is 0 Å². The van der Waals surface area contributed by atoms with Crippen molar-refractivity contribution in [1.82, 2.24) is 9.55 Å². The monoisotopic (exact) mass is 268 g/mol. The van der Waals surface area contributed by atoms with Gasteiger partial charge in [-0.2, -0.15) is 0 Å². The van der Waals surface area contributed by atoms with Crippen molar-refractivity contribution in [2.24, 2.45) is 5.92 Å². The second-order valence-corrected chi connectivity index (χ2v) is 6.53. The Bertz CT molecular complexity index is 586. The highest BCUT2D eigenvalue weighted by molar-refractivity contribution is 6.50. The van der Waals surface area contributed by atoms with Gasteiger partial charge in [0.1, 0.15) is 4.33 Å². The van der Waals surface area contributed by atoms with Crippen LogP contribution in [-0.2, 0) is 6.54 Å². The molecule has 1 aromatic carbocycles. The summed E-state index contributed by atoms with van der Waals surface area (Å²) in [6, 6.07) is 4.31. The van der Waals surface area contributed by atoms with Crippen LogP contribution in [0.15, 0.2) is 18.5 Å². The third kappa shape index (κ3) is 1.94. The quantitative estimate of drug-likeness (QED) is 0.757. The molecule has 4 heteroatoms. The van der Waals surface area contributed by atoms with E-state index in [0.717, 1.165) is 18.5 Å². The third-order valence-electron chi connectivity index (χ3n) is 3.61. The molecule has 0 N–H and O–H groups in total. The lowest BCUT2D eigenvalue weighted by Gasteiger charge is -2.06. The van der Waals surface area contributed by atoms with Crippen molar-refractivity contribution in [3.8, 4) is 0 Å². The summed E-state index contributed by atoms with van der Waals surface area (Å²) in [4.78, 5) is 4.43. The molecule has 1 atom stereocenters. The van der Waals surface area contributed by atoms with Gasteiger partial charge in [-0.05, 0) is 43.5 Å². The lowest BCUT2D eigenvalue weighted by Crippen LogP contribution is -2.02. The molecule has 0 saturated heterocycles. The number of fused-ring (bicyclic) bond motifs is 1. The van der Waals surface area contributed by atoms with E-state index in [1.165, 1.54) is 16.6 Å². The van der Waals surface area contributed by atoms with Gasteiger partial charge in [-0.15, -0.1) is 23.2 Å². The SMILES string of the molecule is Cc1cc2ncn(C[C@H]3CC3(Cl)Cl)c2cc1C. The molecule has 90 valence electrons. The highest BCUT2D eigenvalue weighted by Gasteiger charge is 2.51. The van der Waals surface area contributed by atoms with Crippen molar-refractivity contribution in [3.05, 3.63) is 29.6 Å². The van der Waals surface area contributed by atoms with Crippen LogP contribution in [0, 0.1) is 19.8 Å². The predicted molar refractivity (Wildman–Crippen MR) is 71.8 cm³/mol. The number of hydrogen-bond donors (Lipinski definition) is 0. The smallest absolute Gasteiger partial charge is 0.123 e. The standard InChI is InChI=1S/C13H14Cl2N2/c1-8-3-11-12(4-9(8)2)17(7-16-11)6-10-5-13(10,14)15/h3-4,7,10H,5-6H2,1-2H3/t10-/m1/s1. The van der Waals surface area contributed by atoms with E-state index < -0.39 is 4.33 Å². The largest absolute Gasteiger partial charge is 0.330 e. The fourth-order valence-electron chi connectivity index (χ4n) is 2.16. The number of halogens is 2. The van der Waals surface area contributed by atoms with Gasteiger partial charge in [-0.1, -0.05) is 0 Å². The van der Waals surface area contributed by atoms with Crippen LogP contribution < -0.4 is 0 Å². The van der Waals surface area contributed by atoms with Crippen LogP contribution in [0.3, 0.4) is 0 Å². The number of hydrogen-bond acceptors (Lipinski definition) is 1. The Morgan fingerprint density at radius 2 is 2.00 bits per heavy atom. The summed E-state index contributed by atoms with van der Waals surface area (Å²) in [7, 11) is 0. The topological polar surface area (TPSA) is 17.8 Å². The fourth-order valence-corrected chi connectivity index (χ4v) is 2.67. The zero-order chi connectivity index (χ0) is 12.2. The summed E-state index contributed by atoms with van der Waals surface area (Å²) < 4.78 is 1.63. The Kier molecular flexibility index (Phi) is 2.43. The van der Waals surface area contributed by atoms with E-state index in [4.69, 9.17) is 23.2 Å². The van der Waals surface area contributed by atoms with Crippen molar-refractivity contribution < 1.29 is 0 Å². The van der Waals surface area contributed by atoms with E-state index in [1.54, 1.807) is 0 Å². The lowest BCUT2D eigenvalue weighted by atomic mass is 10.1. The molecule has 1 saturated carbocycles. The summed E-state index contributed by atoms with van der Waals surface area (Å²) in [5.41, 5.74) is 4.78. The summed E-state index contributed by atoms with van der Waals surface area (Å²) >= 11 is 12.1. The highest BCUT2D eigenvalue weighted by atomic mass is 35.5. The number of nitrogens with zero attached hydrogens (tertiary/aromatic N) is 2. The molecule has 1 aliphatic rings. The molecule has 0 radical (unpaired) electrons. The Morgan fingerprint density at radius 1 is 1.35 bits per heavy atom. The minimum atomic E-state index is -0.518. The molecule has 2 aromatic rings. The third-order valence-corrected chi connectivity index (χ3v) is 4.54. The molecule has 1 aromatic heterocycles. The Morgan fingerprint density at radius 3 is 2.65 bits per heavy atom. The second-order valence-electron chi connectivity index (χ2n) is 4.98. The first kappa shape index (κ1) is 11.4. The van der Waals surface area contributed by atoms with Gasteiger partial charge < -0.3 is 4.57 Å². The molecule has 1 aliphatic carbocycles. The molecular weight excluding hydrogens is 255 g/mol. The zero-order valence-corrected chi connectivity index (χ0v) is 11.4. The summed E-state index contributed by atoms with van der Waals surface area (Å²) in [5, 5.41) is 0. The summed E-state index contributed by atoms with van der Waals surface area (Å²) in [6.07, 6.45) is 2.76. The Balaban J connectivity index is 1.98. The maximum atomic E-state index is 6.06. The van der Waals surface area contributed by atoms with E-state index >= 15 is 0 Å². The van der Waals surface area contributed by atoms with Crippen LogP contribution in [0.25, 0.3) is 11.0 Å². The van der Waals surface area contributed by atoms with Gasteiger partial charge in [0.05, 0.1) is 17.4 Å². The lowest BCUT2D eigenvalue weighted by molar-refractivity contribution is 0.636. The Hall–Kier alpha value is -0.730. The zero-order valence-electron chi connectivity index (χ0n) is 9.87. The molecule has 3 rings (SSSR count). The first-order valence-electron chi connectivity index (χ1n) is 5.77. The van der Waals surface area contributed by atoms with Crippen molar-refractivity contribution in [2.75, 3.05) is 0 Å². The van der Waals surface area contributed by atoms with Gasteiger partial charge in [0, 0.05) is 12.5 Å². The van der Waals surface area contributed by atoms with Crippen LogP contribution in [-0.4, -0.2) is 13.9 Å². The predicted octanol–water partition coefficient (Wildman–Crippen LogP) is 3.85. The van der Waals surface area contributed by atoms with Gasteiger partial charge in [0.25, 0.3) is 0 Å². The van der Waals surface area contributed by atoms with E-state index in [2.05, 4.69) is 35.5 Å². The van der Waals surface area contributed by atoms with Gasteiger partial charge in [-0.3, -0.25) is 0 Å². The first-order valence-corrected chi connectivity index (χ1v) is 6.53. The number of aromatic nitrogens is 2. The van der Waals surface area contributed by atoms with Crippen LogP contribution >= 0.6 is 23.2 Å². The minimum Gasteiger partial charge on any atom is -0.330 e. The van der Waals surface area contributed by atoms with E-state index in [-0.39, 0.29) is 0 Å². The number of benzene rings is 1. The van der Waals surface area contributed by atoms with E-state index in [1.807, 2.05) is 6.33 Å². The van der Waals surface area contributed by atoms with E-state index in [9.17, 15) is 0 Å². The number of aryl methyl sites for hydroxylation is 2. The van der Waals surface area contributed by atoms with Crippen LogP contribution in [0.1, 0.15) is 17.5 Å². The van der Waals surface area contributed by atoms with Gasteiger partial charge >= 0.3 is 0 Å². The summed E-state index contributed by atoms with van der Waals surface area (Å²) in [5.74, 6) is 0.352. The molecule has 1 heterocycles. The molecule has 2 nitrogen and oxygen atoms in total. The normalized spacial score (nSPS) is 22.0. The number of alkyl halides is 2. The number of rotatable bonds is 2. The molecule has 0 spiro atoms. The molecule has 0 unspecified atom stereocenters. The van der Waals surface area contributed by atoms with Crippen LogP contribution in [0.2, 0.25) is 0 Å². The molecular formula is C13H14Cl2N2. The molecule has 17 heavy (non-hydrogen) atoms.